The predicted octanol–water partition coefficient (Wildman–Crippen LogP) is 4.36. The molecule has 2 heteroatoms. The van der Waals surface area contributed by atoms with E-state index < -0.39 is 0 Å². The molecule has 20 heavy (non-hydrogen) atoms. The molecule has 0 saturated heterocycles. The smallest absolute Gasteiger partial charge is 0.126 e. The molecule has 0 fully saturated rings. The predicted molar refractivity (Wildman–Crippen MR) is 82.9 cm³/mol. The minimum Gasteiger partial charge on any atom is -0.496 e. The molecule has 0 radical (unpaired) electrons. The van der Waals surface area contributed by atoms with Crippen molar-refractivity contribution in [3.8, 4) is 0 Å². The van der Waals surface area contributed by atoms with E-state index in [0.29, 0.717) is 0 Å². The van der Waals surface area contributed by atoms with Crippen LogP contribution >= 0.6 is 0 Å². The van der Waals surface area contributed by atoms with Crippen molar-refractivity contribution in [1.29, 1.82) is 0 Å². The molecule has 0 N–H and O–H groups in total. The third kappa shape index (κ3) is 3.51. The van der Waals surface area contributed by atoms with Gasteiger partial charge >= 0.3 is 0 Å². The summed E-state index contributed by atoms with van der Waals surface area (Å²) in [5, 5.41) is 0. The summed E-state index contributed by atoms with van der Waals surface area (Å²) < 4.78 is 10.9. The Kier molecular flexibility index (Phi) is 5.01. The lowest BCUT2D eigenvalue weighted by Crippen LogP contribution is -1.89. The quantitative estimate of drug-likeness (QED) is 0.591. The first-order valence-corrected chi connectivity index (χ1v) is 6.46. The highest BCUT2D eigenvalue weighted by molar-refractivity contribution is 5.67. The van der Waals surface area contributed by atoms with Crippen molar-refractivity contribution >= 4 is 11.5 Å². The van der Waals surface area contributed by atoms with Gasteiger partial charge in [-0.05, 0) is 12.2 Å². The van der Waals surface area contributed by atoms with Crippen LogP contribution in [0.4, 0.5) is 0 Å². The first-order chi connectivity index (χ1) is 9.85. The van der Waals surface area contributed by atoms with E-state index in [4.69, 9.17) is 9.47 Å². The van der Waals surface area contributed by atoms with Crippen LogP contribution in [0, 0.1) is 0 Å². The standard InChI is InChI=1S/C18H18O2/c1-19-17(15-9-5-3-6-10-15)13-14-18(20-2)16-11-7-4-8-12-16/h3-14H,1-2H3/b17-13+,18-14+. The summed E-state index contributed by atoms with van der Waals surface area (Å²) in [4.78, 5) is 0. The van der Waals surface area contributed by atoms with E-state index in [1.54, 1.807) is 14.2 Å². The van der Waals surface area contributed by atoms with Crippen LogP contribution in [0.3, 0.4) is 0 Å². The van der Waals surface area contributed by atoms with Crippen LogP contribution in [0.15, 0.2) is 72.8 Å². The normalized spacial score (nSPS) is 12.1. The van der Waals surface area contributed by atoms with Crippen molar-refractivity contribution in [2.75, 3.05) is 14.2 Å². The van der Waals surface area contributed by atoms with E-state index in [0.717, 1.165) is 22.6 Å². The Balaban J connectivity index is 2.30. The van der Waals surface area contributed by atoms with Gasteiger partial charge in [-0.1, -0.05) is 60.7 Å². The molecule has 0 atom stereocenters. The van der Waals surface area contributed by atoms with Crippen LogP contribution in [-0.2, 0) is 9.47 Å². The Morgan fingerprint density at radius 2 is 1.00 bits per heavy atom. The number of rotatable bonds is 5. The highest BCUT2D eigenvalue weighted by Gasteiger charge is 2.01. The molecule has 102 valence electrons. The number of methoxy groups -OCH3 is 2. The van der Waals surface area contributed by atoms with Gasteiger partial charge in [0.1, 0.15) is 11.5 Å². The summed E-state index contributed by atoms with van der Waals surface area (Å²) in [7, 11) is 3.34. The van der Waals surface area contributed by atoms with Gasteiger partial charge in [-0.25, -0.2) is 0 Å². The number of hydrogen-bond acceptors (Lipinski definition) is 2. The highest BCUT2D eigenvalue weighted by Crippen LogP contribution is 2.18. The Labute approximate surface area is 120 Å². The Bertz CT molecular complexity index is 528. The molecule has 0 spiro atoms. The van der Waals surface area contributed by atoms with Crippen molar-refractivity contribution in [1.82, 2.24) is 0 Å². The largest absolute Gasteiger partial charge is 0.496 e. The zero-order valence-electron chi connectivity index (χ0n) is 11.7. The van der Waals surface area contributed by atoms with Gasteiger partial charge in [0.25, 0.3) is 0 Å². The number of benzene rings is 2. The summed E-state index contributed by atoms with van der Waals surface area (Å²) in [6.07, 6.45) is 3.84. The zero-order chi connectivity index (χ0) is 14.2. The summed E-state index contributed by atoms with van der Waals surface area (Å²) >= 11 is 0. The van der Waals surface area contributed by atoms with E-state index >= 15 is 0 Å². The number of ether oxygens (including phenoxy) is 2. The number of hydrogen-bond donors (Lipinski definition) is 0. The second-order valence-electron chi connectivity index (χ2n) is 4.20. The fraction of sp³-hybridized carbons (Fsp3) is 0.111. The first kappa shape index (κ1) is 13.9. The molecule has 0 aliphatic rings. The molecule has 0 aromatic heterocycles. The summed E-state index contributed by atoms with van der Waals surface area (Å²) in [5.41, 5.74) is 2.07. The van der Waals surface area contributed by atoms with Gasteiger partial charge in [0, 0.05) is 11.1 Å². The third-order valence-corrected chi connectivity index (χ3v) is 2.94. The average molecular weight is 266 g/mol. The molecule has 0 amide bonds. The van der Waals surface area contributed by atoms with E-state index in [2.05, 4.69) is 0 Å². The summed E-state index contributed by atoms with van der Waals surface area (Å²) in [6, 6.07) is 20.0. The van der Waals surface area contributed by atoms with E-state index in [1.165, 1.54) is 0 Å². The van der Waals surface area contributed by atoms with E-state index in [9.17, 15) is 0 Å². The van der Waals surface area contributed by atoms with Crippen molar-refractivity contribution in [3.05, 3.63) is 83.9 Å². The van der Waals surface area contributed by atoms with E-state index in [-0.39, 0.29) is 0 Å². The lowest BCUT2D eigenvalue weighted by Gasteiger charge is -2.07. The Hall–Kier alpha value is -2.48. The SMILES string of the molecule is CO/C(=C/C=C(/OC)c1ccccc1)c1ccccc1. The fourth-order valence-electron chi connectivity index (χ4n) is 1.92. The van der Waals surface area contributed by atoms with Gasteiger partial charge in [0.15, 0.2) is 0 Å². The van der Waals surface area contributed by atoms with Crippen LogP contribution in [0.2, 0.25) is 0 Å². The molecule has 0 heterocycles. The molecular formula is C18H18O2. The molecule has 0 bridgehead atoms. The number of allylic oxidation sites excluding steroid dienone is 2. The molecule has 2 aromatic carbocycles. The van der Waals surface area contributed by atoms with Gasteiger partial charge in [-0.3, -0.25) is 0 Å². The third-order valence-electron chi connectivity index (χ3n) is 2.94. The van der Waals surface area contributed by atoms with Crippen molar-refractivity contribution in [2.45, 2.75) is 0 Å². The minimum absolute atomic E-state index is 0.802. The van der Waals surface area contributed by atoms with Crippen LogP contribution in [-0.4, -0.2) is 14.2 Å². The fourth-order valence-corrected chi connectivity index (χ4v) is 1.92. The molecule has 0 aliphatic carbocycles. The van der Waals surface area contributed by atoms with Crippen LogP contribution < -0.4 is 0 Å². The molecule has 2 nitrogen and oxygen atoms in total. The maximum Gasteiger partial charge on any atom is 0.126 e. The average Bonchev–Trinajstić information content (AvgIpc) is 2.53. The summed E-state index contributed by atoms with van der Waals surface area (Å²) in [6.45, 7) is 0. The maximum atomic E-state index is 5.43. The Morgan fingerprint density at radius 1 is 0.650 bits per heavy atom. The molecule has 2 rings (SSSR count). The van der Waals surface area contributed by atoms with Crippen LogP contribution in [0.1, 0.15) is 11.1 Å². The van der Waals surface area contributed by atoms with Crippen molar-refractivity contribution in [2.24, 2.45) is 0 Å². The van der Waals surface area contributed by atoms with Gasteiger partial charge in [0.05, 0.1) is 14.2 Å². The summed E-state index contributed by atoms with van der Waals surface area (Å²) in [5.74, 6) is 1.60. The minimum atomic E-state index is 0.802. The Morgan fingerprint density at radius 3 is 1.30 bits per heavy atom. The lowest BCUT2D eigenvalue weighted by atomic mass is 10.1. The van der Waals surface area contributed by atoms with Gasteiger partial charge in [-0.15, -0.1) is 0 Å². The molecule has 0 unspecified atom stereocenters. The van der Waals surface area contributed by atoms with Crippen LogP contribution in [0.25, 0.3) is 11.5 Å². The van der Waals surface area contributed by atoms with Gasteiger partial charge < -0.3 is 9.47 Å². The van der Waals surface area contributed by atoms with Crippen molar-refractivity contribution < 1.29 is 9.47 Å². The molecule has 0 aliphatic heterocycles. The monoisotopic (exact) mass is 266 g/mol. The van der Waals surface area contributed by atoms with E-state index in [1.807, 2.05) is 72.8 Å². The molecule has 2 aromatic rings. The first-order valence-electron chi connectivity index (χ1n) is 6.46. The maximum absolute atomic E-state index is 5.43. The topological polar surface area (TPSA) is 18.5 Å². The molecule has 0 saturated carbocycles. The zero-order valence-corrected chi connectivity index (χ0v) is 11.7. The second kappa shape index (κ2) is 7.19. The van der Waals surface area contributed by atoms with Crippen LogP contribution in [0.5, 0.6) is 0 Å². The highest BCUT2D eigenvalue weighted by atomic mass is 16.5. The van der Waals surface area contributed by atoms with Crippen molar-refractivity contribution in [3.63, 3.8) is 0 Å². The lowest BCUT2D eigenvalue weighted by molar-refractivity contribution is 0.366. The van der Waals surface area contributed by atoms with Gasteiger partial charge in [-0.2, -0.15) is 0 Å². The molecular weight excluding hydrogens is 248 g/mol. The second-order valence-corrected chi connectivity index (χ2v) is 4.20. The van der Waals surface area contributed by atoms with Gasteiger partial charge in [0.2, 0.25) is 0 Å².